The van der Waals surface area contributed by atoms with Crippen LogP contribution in [-0.4, -0.2) is 49.7 Å². The summed E-state index contributed by atoms with van der Waals surface area (Å²) in [5, 5.41) is 15.5. The number of nitrogens with zero attached hydrogens (tertiary/aromatic N) is 4. The fraction of sp³-hybridized carbons (Fsp3) is 0.577. The summed E-state index contributed by atoms with van der Waals surface area (Å²) in [6.45, 7) is 7.98. The average Bonchev–Trinajstić information content (AvgIpc) is 3.20. The number of aromatic amines is 1. The number of aryl methyl sites for hydroxylation is 1. The maximum atomic E-state index is 4.96. The molecule has 0 radical (unpaired) electrons. The Kier molecular flexibility index (Phi) is 6.49. The lowest BCUT2D eigenvalue weighted by atomic mass is 9.81. The summed E-state index contributed by atoms with van der Waals surface area (Å²) in [5.41, 5.74) is 1.95. The maximum absolute atomic E-state index is 4.96. The molecule has 0 spiro atoms. The maximum Gasteiger partial charge on any atom is 0.153 e. The number of aromatic nitrogens is 4. The van der Waals surface area contributed by atoms with Gasteiger partial charge in [0.05, 0.1) is 5.52 Å². The number of anilines is 3. The van der Waals surface area contributed by atoms with Gasteiger partial charge in [-0.25, -0.2) is 4.98 Å². The van der Waals surface area contributed by atoms with Gasteiger partial charge in [-0.1, -0.05) is 20.3 Å². The fourth-order valence-electron chi connectivity index (χ4n) is 5.57. The molecule has 2 atom stereocenters. The van der Waals surface area contributed by atoms with Gasteiger partial charge in [-0.2, -0.15) is 5.10 Å². The van der Waals surface area contributed by atoms with Crippen molar-refractivity contribution in [3.05, 3.63) is 36.2 Å². The van der Waals surface area contributed by atoms with Crippen LogP contribution in [-0.2, 0) is 0 Å². The number of pyridine rings is 2. The van der Waals surface area contributed by atoms with E-state index in [4.69, 9.17) is 4.98 Å². The average molecular weight is 448 g/mol. The van der Waals surface area contributed by atoms with Gasteiger partial charge in [-0.05, 0) is 63.5 Å². The second-order valence-corrected chi connectivity index (χ2v) is 9.92. The number of rotatable bonds is 8. The third-order valence-electron chi connectivity index (χ3n) is 7.59. The number of piperidine rings is 1. The van der Waals surface area contributed by atoms with Gasteiger partial charge in [0.15, 0.2) is 5.82 Å². The molecule has 2 aliphatic rings. The predicted molar refractivity (Wildman–Crippen MR) is 135 cm³/mol. The molecule has 1 saturated carbocycles. The van der Waals surface area contributed by atoms with E-state index in [0.29, 0.717) is 18.1 Å². The molecule has 4 heterocycles. The Morgan fingerprint density at radius 2 is 1.88 bits per heavy atom. The van der Waals surface area contributed by atoms with E-state index in [9.17, 15) is 0 Å². The molecule has 2 fully saturated rings. The van der Waals surface area contributed by atoms with Crippen LogP contribution in [0.2, 0.25) is 0 Å². The standard InChI is InChI=1S/C26H37N7/c1-4-20-13-19(14-21(5-2)33(20)16-18-8-6-9-18)28-26-22-10-7-11-27-23(22)15-24(30-26)29-25-12-17(3)31-32-25/h7,10-12,15,18-21H,4-6,8-9,13-14,16H2,1-3H3,(H3,28,29,30,31,32). The van der Waals surface area contributed by atoms with E-state index in [2.05, 4.69) is 50.6 Å². The number of hydrogen-bond acceptors (Lipinski definition) is 6. The predicted octanol–water partition coefficient (Wildman–Crippen LogP) is 5.64. The molecule has 2 unspecified atom stereocenters. The number of fused-ring (bicyclic) bond motifs is 1. The lowest BCUT2D eigenvalue weighted by molar-refractivity contribution is 0.0405. The summed E-state index contributed by atoms with van der Waals surface area (Å²) in [4.78, 5) is 12.4. The zero-order valence-electron chi connectivity index (χ0n) is 20.1. The summed E-state index contributed by atoms with van der Waals surface area (Å²) >= 11 is 0. The highest BCUT2D eigenvalue weighted by molar-refractivity contribution is 5.91. The second kappa shape index (κ2) is 9.67. The number of hydrogen-bond donors (Lipinski definition) is 3. The van der Waals surface area contributed by atoms with Crippen LogP contribution in [0.3, 0.4) is 0 Å². The molecule has 7 nitrogen and oxygen atoms in total. The van der Waals surface area contributed by atoms with Crippen molar-refractivity contribution in [2.75, 3.05) is 17.2 Å². The summed E-state index contributed by atoms with van der Waals surface area (Å²) in [5.74, 6) is 3.36. The molecule has 0 bridgehead atoms. The van der Waals surface area contributed by atoms with E-state index in [-0.39, 0.29) is 0 Å². The first-order valence-electron chi connectivity index (χ1n) is 12.7. The zero-order valence-corrected chi connectivity index (χ0v) is 20.1. The van der Waals surface area contributed by atoms with Gasteiger partial charge in [-0.15, -0.1) is 0 Å². The van der Waals surface area contributed by atoms with Crippen molar-refractivity contribution in [3.8, 4) is 0 Å². The van der Waals surface area contributed by atoms with Crippen LogP contribution in [0.5, 0.6) is 0 Å². The Morgan fingerprint density at radius 3 is 2.52 bits per heavy atom. The highest BCUT2D eigenvalue weighted by Crippen LogP contribution is 2.35. The highest BCUT2D eigenvalue weighted by atomic mass is 15.2. The molecule has 3 aromatic rings. The molecule has 5 rings (SSSR count). The Hall–Kier alpha value is -2.67. The normalized spacial score (nSPS) is 24.0. The first kappa shape index (κ1) is 22.1. The van der Waals surface area contributed by atoms with E-state index in [0.717, 1.165) is 40.0 Å². The molecular formula is C26H37N7. The summed E-state index contributed by atoms with van der Waals surface area (Å²) in [6.07, 6.45) is 10.8. The second-order valence-electron chi connectivity index (χ2n) is 9.92. The molecule has 1 aliphatic carbocycles. The first-order valence-corrected chi connectivity index (χ1v) is 12.7. The van der Waals surface area contributed by atoms with Crippen LogP contribution in [0.1, 0.15) is 64.5 Å². The van der Waals surface area contributed by atoms with Gasteiger partial charge in [-0.3, -0.25) is 15.0 Å². The van der Waals surface area contributed by atoms with Crippen LogP contribution < -0.4 is 10.6 Å². The number of H-pyrrole nitrogens is 1. The van der Waals surface area contributed by atoms with Crippen molar-refractivity contribution >= 4 is 28.4 Å². The smallest absolute Gasteiger partial charge is 0.153 e. The molecule has 3 aromatic heterocycles. The molecule has 0 aromatic carbocycles. The summed E-state index contributed by atoms with van der Waals surface area (Å²) in [7, 11) is 0. The van der Waals surface area contributed by atoms with Gasteiger partial charge in [0.25, 0.3) is 0 Å². The van der Waals surface area contributed by atoms with Gasteiger partial charge < -0.3 is 10.6 Å². The van der Waals surface area contributed by atoms with Crippen LogP contribution in [0.25, 0.3) is 10.9 Å². The van der Waals surface area contributed by atoms with Gasteiger partial charge in [0.2, 0.25) is 0 Å². The quantitative estimate of drug-likeness (QED) is 0.415. The molecule has 33 heavy (non-hydrogen) atoms. The molecular weight excluding hydrogens is 410 g/mol. The lowest BCUT2D eigenvalue weighted by Gasteiger charge is -2.47. The minimum absolute atomic E-state index is 0.413. The van der Waals surface area contributed by atoms with Crippen molar-refractivity contribution in [3.63, 3.8) is 0 Å². The molecule has 1 saturated heterocycles. The largest absolute Gasteiger partial charge is 0.367 e. The first-order chi connectivity index (χ1) is 16.1. The minimum atomic E-state index is 0.413. The Bertz CT molecular complexity index is 1060. The van der Waals surface area contributed by atoms with E-state index in [1.807, 2.05) is 31.3 Å². The third kappa shape index (κ3) is 4.83. The minimum Gasteiger partial charge on any atom is -0.367 e. The Labute approximate surface area is 196 Å². The molecule has 176 valence electrons. The molecule has 1 aliphatic heterocycles. The van der Waals surface area contributed by atoms with Crippen LogP contribution in [0.15, 0.2) is 30.5 Å². The van der Waals surface area contributed by atoms with Crippen molar-refractivity contribution in [1.29, 1.82) is 0 Å². The van der Waals surface area contributed by atoms with Crippen molar-refractivity contribution in [2.45, 2.75) is 83.8 Å². The summed E-state index contributed by atoms with van der Waals surface area (Å²) in [6, 6.07) is 9.77. The Morgan fingerprint density at radius 1 is 1.09 bits per heavy atom. The van der Waals surface area contributed by atoms with E-state index < -0.39 is 0 Å². The van der Waals surface area contributed by atoms with Crippen LogP contribution in [0, 0.1) is 12.8 Å². The number of likely N-dealkylation sites (tertiary alicyclic amines) is 1. The van der Waals surface area contributed by atoms with Crippen molar-refractivity contribution < 1.29 is 0 Å². The van der Waals surface area contributed by atoms with Gasteiger partial charge >= 0.3 is 0 Å². The van der Waals surface area contributed by atoms with E-state index in [1.54, 1.807) is 0 Å². The van der Waals surface area contributed by atoms with E-state index in [1.165, 1.54) is 51.5 Å². The SMILES string of the molecule is CCC1CC(Nc2nc(Nc3cc(C)[nH]n3)cc3ncccc23)CC(CC)N1CC1CCC1. The van der Waals surface area contributed by atoms with E-state index >= 15 is 0 Å². The molecule has 0 amide bonds. The zero-order chi connectivity index (χ0) is 22.8. The fourth-order valence-corrected chi connectivity index (χ4v) is 5.57. The third-order valence-corrected chi connectivity index (χ3v) is 7.59. The molecule has 3 N–H and O–H groups in total. The molecule has 7 heteroatoms. The number of nitrogens with one attached hydrogen (secondary N) is 3. The Balaban J connectivity index is 1.38. The van der Waals surface area contributed by atoms with Crippen LogP contribution >= 0.6 is 0 Å². The van der Waals surface area contributed by atoms with Crippen LogP contribution in [0.4, 0.5) is 17.5 Å². The monoisotopic (exact) mass is 447 g/mol. The van der Waals surface area contributed by atoms with Crippen molar-refractivity contribution in [2.24, 2.45) is 5.92 Å². The van der Waals surface area contributed by atoms with Gasteiger partial charge in [0.1, 0.15) is 11.6 Å². The lowest BCUT2D eigenvalue weighted by Crippen LogP contribution is -2.54. The van der Waals surface area contributed by atoms with Gasteiger partial charge in [0, 0.05) is 54.1 Å². The summed E-state index contributed by atoms with van der Waals surface area (Å²) < 4.78 is 0. The van der Waals surface area contributed by atoms with Crippen molar-refractivity contribution in [1.82, 2.24) is 25.1 Å². The highest BCUT2D eigenvalue weighted by Gasteiger charge is 2.36. The topological polar surface area (TPSA) is 81.8 Å².